The second-order valence-corrected chi connectivity index (χ2v) is 8.92. The van der Waals surface area contributed by atoms with Gasteiger partial charge in [-0.15, -0.1) is 0 Å². The predicted octanol–water partition coefficient (Wildman–Crippen LogP) is 6.65. The molecule has 2 aromatic heterocycles. The van der Waals surface area contributed by atoms with Crippen LogP contribution >= 0.6 is 23.2 Å². The molecule has 0 unspecified atom stereocenters. The van der Waals surface area contributed by atoms with Gasteiger partial charge in [-0.2, -0.15) is 13.2 Å². The molecular formula is C26H16Cl2F4N4O6. The lowest BCUT2D eigenvalue weighted by atomic mass is 9.99. The third-order valence-corrected chi connectivity index (χ3v) is 6.18. The highest BCUT2D eigenvalue weighted by atomic mass is 35.5. The smallest absolute Gasteiger partial charge is 0.434 e. The van der Waals surface area contributed by atoms with E-state index < -0.39 is 69.2 Å². The number of alkyl halides is 3. The molecule has 0 bridgehead atoms. The van der Waals surface area contributed by atoms with Gasteiger partial charge in [-0.05, 0) is 24.3 Å². The van der Waals surface area contributed by atoms with E-state index in [4.69, 9.17) is 42.7 Å². The van der Waals surface area contributed by atoms with E-state index in [1.165, 1.54) is 36.4 Å². The molecule has 0 spiro atoms. The molecule has 10 nitrogen and oxygen atoms in total. The molecule has 2 N–H and O–H groups in total. The Kier molecular flexibility index (Phi) is 8.68. The summed E-state index contributed by atoms with van der Waals surface area (Å²) in [4.78, 5) is 28.9. The van der Waals surface area contributed by atoms with Crippen LogP contribution in [0, 0.1) is 5.82 Å². The second kappa shape index (κ2) is 12.0. The summed E-state index contributed by atoms with van der Waals surface area (Å²) in [5.41, 5.74) is 0.426. The van der Waals surface area contributed by atoms with Crippen LogP contribution in [-0.4, -0.2) is 48.4 Å². The molecule has 0 amide bonds. The Bertz CT molecular complexity index is 1710. The monoisotopic (exact) mass is 626 g/mol. The van der Waals surface area contributed by atoms with Crippen molar-refractivity contribution in [3.63, 3.8) is 0 Å². The Morgan fingerprint density at radius 1 is 0.952 bits per heavy atom. The van der Waals surface area contributed by atoms with Gasteiger partial charge in [0.05, 0.1) is 30.4 Å². The molecule has 0 aliphatic heterocycles. The summed E-state index contributed by atoms with van der Waals surface area (Å²) >= 11 is 12.0. The van der Waals surface area contributed by atoms with Crippen molar-refractivity contribution in [3.05, 3.63) is 81.4 Å². The number of benzene rings is 2. The van der Waals surface area contributed by atoms with E-state index in [1.807, 2.05) is 0 Å². The van der Waals surface area contributed by atoms with Crippen LogP contribution in [0.5, 0.6) is 0 Å². The molecule has 0 aliphatic rings. The number of hydrogen-bond acceptors (Lipinski definition) is 10. The Labute approximate surface area is 243 Å². The van der Waals surface area contributed by atoms with Crippen molar-refractivity contribution in [1.82, 2.24) is 10.3 Å². The zero-order valence-electron chi connectivity index (χ0n) is 21.3. The number of nitrogens with two attached hydrogens (primary N) is 1. The topological polar surface area (TPSA) is 143 Å². The van der Waals surface area contributed by atoms with Crippen LogP contribution in [0.15, 0.2) is 62.7 Å². The fraction of sp³-hybridized carbons (Fsp3) is 0.115. The van der Waals surface area contributed by atoms with Crippen LogP contribution in [0.1, 0.15) is 26.5 Å². The highest BCUT2D eigenvalue weighted by Gasteiger charge is 2.43. The Morgan fingerprint density at radius 3 is 2.14 bits per heavy atom. The van der Waals surface area contributed by atoms with Gasteiger partial charge in [0.2, 0.25) is 0 Å². The average molecular weight is 627 g/mol. The van der Waals surface area contributed by atoms with Crippen molar-refractivity contribution in [3.8, 4) is 22.5 Å². The standard InChI is InChI=1S/C26H16Cl2F4N4O6/c1-39-24(37)17-20(16-14(28)4-3-5-15(16)29)36-41-21(17)13(10-33)22(26(30,31)32)34-23-18(25(38)40-2)19(35-42-23)11-6-8-12(27)9-7-11/h3-10H,33H2,1-2H3. The largest absolute Gasteiger partial charge is 0.465 e. The maximum absolute atomic E-state index is 14.7. The SMILES string of the molecule is COC(=O)c1c(-c2ccc(Cl)cc2)noc1N=C(C(=CN)c1onc(-c2c(F)cccc2Cl)c1C(=O)OC)C(F)(F)F. The van der Waals surface area contributed by atoms with Crippen LogP contribution in [0.2, 0.25) is 10.0 Å². The number of allylic oxidation sites excluding steroid dienone is 1. The third kappa shape index (κ3) is 5.71. The highest BCUT2D eigenvalue weighted by Crippen LogP contribution is 2.40. The highest BCUT2D eigenvalue weighted by molar-refractivity contribution is 6.34. The van der Waals surface area contributed by atoms with Gasteiger partial charge >= 0.3 is 18.1 Å². The first-order chi connectivity index (χ1) is 19.9. The van der Waals surface area contributed by atoms with E-state index in [-0.39, 0.29) is 16.3 Å². The lowest BCUT2D eigenvalue weighted by Gasteiger charge is -2.13. The van der Waals surface area contributed by atoms with Crippen LogP contribution in [-0.2, 0) is 9.47 Å². The van der Waals surface area contributed by atoms with E-state index in [1.54, 1.807) is 0 Å². The molecule has 0 atom stereocenters. The number of rotatable bonds is 7. The number of aromatic nitrogens is 2. The van der Waals surface area contributed by atoms with Gasteiger partial charge in [0, 0.05) is 16.8 Å². The Balaban J connectivity index is 1.97. The van der Waals surface area contributed by atoms with E-state index in [0.29, 0.717) is 11.2 Å². The zero-order valence-corrected chi connectivity index (χ0v) is 22.8. The van der Waals surface area contributed by atoms with Crippen molar-refractivity contribution >= 4 is 52.3 Å². The number of nitrogens with zero attached hydrogens (tertiary/aromatic N) is 3. The molecule has 4 rings (SSSR count). The van der Waals surface area contributed by atoms with Gasteiger partial charge in [-0.3, -0.25) is 0 Å². The molecule has 0 saturated carbocycles. The third-order valence-electron chi connectivity index (χ3n) is 5.61. The minimum absolute atomic E-state index is 0.205. The maximum atomic E-state index is 14.7. The van der Waals surface area contributed by atoms with Crippen molar-refractivity contribution in [2.24, 2.45) is 10.7 Å². The van der Waals surface area contributed by atoms with Gasteiger partial charge in [0.1, 0.15) is 22.8 Å². The average Bonchev–Trinajstić information content (AvgIpc) is 3.57. The normalized spacial score (nSPS) is 12.4. The fourth-order valence-corrected chi connectivity index (χ4v) is 4.13. The second-order valence-electron chi connectivity index (χ2n) is 8.07. The fourth-order valence-electron chi connectivity index (χ4n) is 3.75. The number of methoxy groups -OCH3 is 2. The van der Waals surface area contributed by atoms with Gasteiger partial charge in [-0.1, -0.05) is 51.7 Å². The summed E-state index contributed by atoms with van der Waals surface area (Å²) in [7, 11) is 1.91. The summed E-state index contributed by atoms with van der Waals surface area (Å²) < 4.78 is 77.7. The summed E-state index contributed by atoms with van der Waals surface area (Å²) in [6, 6.07) is 9.26. The molecule has 2 aromatic carbocycles. The van der Waals surface area contributed by atoms with Crippen molar-refractivity contribution in [2.45, 2.75) is 6.18 Å². The minimum atomic E-state index is -5.32. The molecule has 0 saturated heterocycles. The number of carbonyl (C=O) groups is 2. The van der Waals surface area contributed by atoms with Gasteiger partial charge in [0.25, 0.3) is 5.88 Å². The van der Waals surface area contributed by atoms with E-state index >= 15 is 0 Å². The van der Waals surface area contributed by atoms with E-state index in [9.17, 15) is 27.2 Å². The van der Waals surface area contributed by atoms with Crippen LogP contribution < -0.4 is 5.73 Å². The van der Waals surface area contributed by atoms with Gasteiger partial charge in [0.15, 0.2) is 17.0 Å². The molecule has 0 aliphatic carbocycles. The summed E-state index contributed by atoms with van der Waals surface area (Å²) in [5, 5.41) is 7.38. The quantitative estimate of drug-likeness (QED) is 0.135. The van der Waals surface area contributed by atoms with Crippen molar-refractivity contribution < 1.29 is 45.7 Å². The first-order valence-electron chi connectivity index (χ1n) is 11.4. The van der Waals surface area contributed by atoms with Crippen LogP contribution in [0.4, 0.5) is 23.4 Å². The number of aliphatic imine (C=N–C) groups is 1. The number of ether oxygens (including phenoxy) is 2. The molecule has 16 heteroatoms. The number of esters is 2. The maximum Gasteiger partial charge on any atom is 0.434 e. The first kappa shape index (κ1) is 30.3. The summed E-state index contributed by atoms with van der Waals surface area (Å²) in [5.74, 6) is -5.18. The Morgan fingerprint density at radius 2 is 1.57 bits per heavy atom. The molecule has 218 valence electrons. The van der Waals surface area contributed by atoms with E-state index in [0.717, 1.165) is 20.3 Å². The zero-order chi connectivity index (χ0) is 30.8. The molecule has 0 radical (unpaired) electrons. The lowest BCUT2D eigenvalue weighted by Crippen LogP contribution is -2.25. The summed E-state index contributed by atoms with van der Waals surface area (Å²) in [6.07, 6.45) is -4.90. The molecule has 2 heterocycles. The molecular weight excluding hydrogens is 611 g/mol. The minimum Gasteiger partial charge on any atom is -0.465 e. The number of hydrogen-bond donors (Lipinski definition) is 1. The van der Waals surface area contributed by atoms with Crippen molar-refractivity contribution in [2.75, 3.05) is 14.2 Å². The lowest BCUT2D eigenvalue weighted by molar-refractivity contribution is -0.0573. The van der Waals surface area contributed by atoms with Crippen LogP contribution in [0.25, 0.3) is 28.1 Å². The first-order valence-corrected chi connectivity index (χ1v) is 12.1. The molecule has 4 aromatic rings. The van der Waals surface area contributed by atoms with Gasteiger partial charge in [-0.25, -0.2) is 19.0 Å². The van der Waals surface area contributed by atoms with E-state index in [2.05, 4.69) is 20.0 Å². The Hall–Kier alpha value is -4.69. The molecule has 42 heavy (non-hydrogen) atoms. The number of carbonyl (C=O) groups excluding carboxylic acids is 2. The van der Waals surface area contributed by atoms with Crippen LogP contribution in [0.3, 0.4) is 0 Å². The molecule has 0 fully saturated rings. The van der Waals surface area contributed by atoms with Gasteiger partial charge < -0.3 is 24.3 Å². The number of halogens is 6. The van der Waals surface area contributed by atoms with Crippen molar-refractivity contribution in [1.29, 1.82) is 0 Å². The summed E-state index contributed by atoms with van der Waals surface area (Å²) in [6.45, 7) is 0. The predicted molar refractivity (Wildman–Crippen MR) is 142 cm³/mol.